The number of nitrogens with one attached hydrogen (secondary N) is 1. The monoisotopic (exact) mass is 585 g/mol. The number of benzene rings is 3. The van der Waals surface area contributed by atoms with Gasteiger partial charge in [0.05, 0.1) is 17.2 Å². The third-order valence-electron chi connectivity index (χ3n) is 6.22. The van der Waals surface area contributed by atoms with Crippen LogP contribution in [0.25, 0.3) is 0 Å². The van der Waals surface area contributed by atoms with Gasteiger partial charge in [0.25, 0.3) is 10.0 Å². The maximum absolute atomic E-state index is 13.9. The summed E-state index contributed by atoms with van der Waals surface area (Å²) < 4.78 is 34.4. The van der Waals surface area contributed by atoms with Gasteiger partial charge in [0.15, 0.2) is 0 Å². The number of hydrogen-bond acceptors (Lipinski definition) is 5. The Balaban J connectivity index is 2.03. The number of carbonyl (C=O) groups is 2. The van der Waals surface area contributed by atoms with Gasteiger partial charge in [-0.3, -0.25) is 13.9 Å². The van der Waals surface area contributed by atoms with Crippen molar-refractivity contribution in [2.24, 2.45) is 0 Å². The van der Waals surface area contributed by atoms with Crippen molar-refractivity contribution in [1.29, 1.82) is 0 Å². The summed E-state index contributed by atoms with van der Waals surface area (Å²) in [6.45, 7) is 8.94. The number of sulfonamides is 1. The van der Waals surface area contributed by atoms with Gasteiger partial charge >= 0.3 is 0 Å². The quantitative estimate of drug-likeness (QED) is 0.316. The maximum Gasteiger partial charge on any atom is 0.264 e. The summed E-state index contributed by atoms with van der Waals surface area (Å²) in [5.41, 5.74) is 1.90. The molecule has 0 aliphatic heterocycles. The highest BCUT2D eigenvalue weighted by Crippen LogP contribution is 2.27. The molecule has 0 saturated carbocycles. The fourth-order valence-electron chi connectivity index (χ4n) is 4.04. The van der Waals surface area contributed by atoms with Gasteiger partial charge in [0.1, 0.15) is 18.3 Å². The normalized spacial score (nSPS) is 12.1. The lowest BCUT2D eigenvalue weighted by atomic mass is 10.1. The molecule has 2 amide bonds. The number of carbonyl (C=O) groups excluding carboxylic acids is 2. The van der Waals surface area contributed by atoms with Crippen molar-refractivity contribution >= 4 is 39.1 Å². The standard InChI is InChI=1S/C30H36ClN3O5S/c1-6-39-26-15-17-27(18-16-26)40(37,38)34(25-13-11-22(4)12-14-25)20-29(35)33(23(5)30(36)32-21(2)3)19-24-9-7-8-10-28(24)31/h7-18,21,23H,6,19-20H2,1-5H3,(H,32,36)/t23-/m1/s1. The van der Waals surface area contributed by atoms with Crippen LogP contribution in [-0.2, 0) is 26.2 Å². The summed E-state index contributed by atoms with van der Waals surface area (Å²) in [5, 5.41) is 3.27. The Morgan fingerprint density at radius 2 is 1.57 bits per heavy atom. The van der Waals surface area contributed by atoms with E-state index in [1.165, 1.54) is 17.0 Å². The van der Waals surface area contributed by atoms with E-state index in [-0.39, 0.29) is 23.4 Å². The molecule has 0 heterocycles. The summed E-state index contributed by atoms with van der Waals surface area (Å²) in [6.07, 6.45) is 0. The molecule has 0 saturated heterocycles. The lowest BCUT2D eigenvalue weighted by molar-refractivity contribution is -0.139. The predicted octanol–water partition coefficient (Wildman–Crippen LogP) is 5.18. The van der Waals surface area contributed by atoms with Crippen LogP contribution in [0.2, 0.25) is 5.02 Å². The van der Waals surface area contributed by atoms with Crippen LogP contribution in [0.15, 0.2) is 77.7 Å². The average Bonchev–Trinajstić information content (AvgIpc) is 2.91. The molecule has 0 spiro atoms. The van der Waals surface area contributed by atoms with Gasteiger partial charge in [-0.1, -0.05) is 47.5 Å². The van der Waals surface area contributed by atoms with Crippen molar-refractivity contribution < 1.29 is 22.7 Å². The Morgan fingerprint density at radius 3 is 2.15 bits per heavy atom. The minimum absolute atomic E-state index is 0.00702. The molecule has 1 atom stereocenters. The Bertz CT molecular complexity index is 1410. The van der Waals surface area contributed by atoms with Crippen molar-refractivity contribution in [1.82, 2.24) is 10.2 Å². The molecule has 1 N–H and O–H groups in total. The lowest BCUT2D eigenvalue weighted by Crippen LogP contribution is -2.52. The first kappa shape index (κ1) is 31.0. The Morgan fingerprint density at radius 1 is 0.950 bits per heavy atom. The number of amides is 2. The predicted molar refractivity (Wildman–Crippen MR) is 158 cm³/mol. The molecular formula is C30H36ClN3O5S. The minimum atomic E-state index is -4.17. The van der Waals surface area contributed by atoms with E-state index in [0.29, 0.717) is 28.6 Å². The Kier molecular flexibility index (Phi) is 10.6. The van der Waals surface area contributed by atoms with E-state index in [9.17, 15) is 18.0 Å². The zero-order valence-electron chi connectivity index (χ0n) is 23.4. The van der Waals surface area contributed by atoms with Crippen LogP contribution in [0.3, 0.4) is 0 Å². The fraction of sp³-hybridized carbons (Fsp3) is 0.333. The fourth-order valence-corrected chi connectivity index (χ4v) is 5.65. The van der Waals surface area contributed by atoms with E-state index in [2.05, 4.69) is 5.32 Å². The molecule has 0 unspecified atom stereocenters. The van der Waals surface area contributed by atoms with E-state index in [1.54, 1.807) is 67.6 Å². The average molecular weight is 586 g/mol. The first-order chi connectivity index (χ1) is 18.9. The van der Waals surface area contributed by atoms with Crippen LogP contribution >= 0.6 is 11.6 Å². The van der Waals surface area contributed by atoms with Crippen molar-refractivity contribution in [2.45, 2.75) is 58.1 Å². The van der Waals surface area contributed by atoms with Crippen molar-refractivity contribution in [3.8, 4) is 5.75 Å². The number of anilines is 1. The van der Waals surface area contributed by atoms with E-state index < -0.39 is 28.5 Å². The van der Waals surface area contributed by atoms with Crippen molar-refractivity contribution in [2.75, 3.05) is 17.5 Å². The molecule has 0 aromatic heterocycles. The highest BCUT2D eigenvalue weighted by Gasteiger charge is 2.33. The molecule has 10 heteroatoms. The summed E-state index contributed by atoms with van der Waals surface area (Å²) in [6, 6.07) is 18.9. The number of nitrogens with zero attached hydrogens (tertiary/aromatic N) is 2. The van der Waals surface area contributed by atoms with Gasteiger partial charge in [-0.15, -0.1) is 0 Å². The molecule has 0 aliphatic rings. The highest BCUT2D eigenvalue weighted by molar-refractivity contribution is 7.92. The second-order valence-corrected chi connectivity index (χ2v) is 12.0. The number of hydrogen-bond donors (Lipinski definition) is 1. The highest BCUT2D eigenvalue weighted by atomic mass is 35.5. The summed E-state index contributed by atoms with van der Waals surface area (Å²) in [5.74, 6) is -0.372. The first-order valence-electron chi connectivity index (χ1n) is 13.1. The number of rotatable bonds is 12. The third-order valence-corrected chi connectivity index (χ3v) is 8.38. The summed E-state index contributed by atoms with van der Waals surface area (Å²) in [4.78, 5) is 28.3. The SMILES string of the molecule is CCOc1ccc(S(=O)(=O)N(CC(=O)N(Cc2ccccc2Cl)[C@H](C)C(=O)NC(C)C)c2ccc(C)cc2)cc1. The van der Waals surface area contributed by atoms with E-state index in [4.69, 9.17) is 16.3 Å². The van der Waals surface area contributed by atoms with Crippen molar-refractivity contribution in [3.05, 3.63) is 88.9 Å². The molecule has 0 fully saturated rings. The van der Waals surface area contributed by atoms with Crippen LogP contribution in [-0.4, -0.2) is 50.4 Å². The third kappa shape index (κ3) is 7.76. The van der Waals surface area contributed by atoms with Crippen LogP contribution in [0.1, 0.15) is 38.8 Å². The second kappa shape index (κ2) is 13.7. The Labute approximate surface area is 241 Å². The molecule has 0 aliphatic carbocycles. The van der Waals surface area contributed by atoms with Crippen LogP contribution in [0, 0.1) is 6.92 Å². The van der Waals surface area contributed by atoms with Crippen LogP contribution in [0.5, 0.6) is 5.75 Å². The van der Waals surface area contributed by atoms with Crippen molar-refractivity contribution in [3.63, 3.8) is 0 Å². The molecule has 0 radical (unpaired) electrons. The molecular weight excluding hydrogens is 550 g/mol. The smallest absolute Gasteiger partial charge is 0.264 e. The summed E-state index contributed by atoms with van der Waals surface area (Å²) in [7, 11) is -4.17. The molecule has 3 aromatic rings. The number of aryl methyl sites for hydroxylation is 1. The van der Waals surface area contributed by atoms with Gasteiger partial charge in [-0.25, -0.2) is 8.42 Å². The molecule has 3 aromatic carbocycles. The Hall–Kier alpha value is -3.56. The van der Waals surface area contributed by atoms with E-state index >= 15 is 0 Å². The zero-order chi connectivity index (χ0) is 29.4. The number of halogens is 1. The molecule has 40 heavy (non-hydrogen) atoms. The largest absolute Gasteiger partial charge is 0.494 e. The first-order valence-corrected chi connectivity index (χ1v) is 14.9. The van der Waals surface area contributed by atoms with Crippen LogP contribution < -0.4 is 14.4 Å². The second-order valence-electron chi connectivity index (χ2n) is 9.70. The minimum Gasteiger partial charge on any atom is -0.494 e. The van der Waals surface area contributed by atoms with Gasteiger partial charge in [0.2, 0.25) is 11.8 Å². The maximum atomic E-state index is 13.9. The lowest BCUT2D eigenvalue weighted by Gasteiger charge is -2.32. The number of ether oxygens (including phenoxy) is 1. The molecule has 0 bridgehead atoms. The molecule has 214 valence electrons. The van der Waals surface area contributed by atoms with Gasteiger partial charge < -0.3 is 15.0 Å². The topological polar surface area (TPSA) is 96.0 Å². The van der Waals surface area contributed by atoms with E-state index in [0.717, 1.165) is 9.87 Å². The summed E-state index contributed by atoms with van der Waals surface area (Å²) >= 11 is 6.39. The van der Waals surface area contributed by atoms with Gasteiger partial charge in [0, 0.05) is 17.6 Å². The van der Waals surface area contributed by atoms with Crippen LogP contribution in [0.4, 0.5) is 5.69 Å². The zero-order valence-corrected chi connectivity index (χ0v) is 25.0. The van der Waals surface area contributed by atoms with Gasteiger partial charge in [-0.2, -0.15) is 0 Å². The van der Waals surface area contributed by atoms with E-state index in [1.807, 2.05) is 27.7 Å². The molecule has 3 rings (SSSR count). The molecule has 8 nitrogen and oxygen atoms in total. The van der Waals surface area contributed by atoms with Gasteiger partial charge in [-0.05, 0) is 82.6 Å².